The average Bonchev–Trinajstić information content (AvgIpc) is 2.78. The van der Waals surface area contributed by atoms with E-state index in [-0.39, 0.29) is 24.4 Å². The number of fused-ring (bicyclic) bond motifs is 2. The van der Waals surface area contributed by atoms with Crippen molar-refractivity contribution in [2.75, 3.05) is 0 Å². The highest BCUT2D eigenvalue weighted by atomic mass is 35.5. The summed E-state index contributed by atoms with van der Waals surface area (Å²) in [5, 5.41) is 7.50. The van der Waals surface area contributed by atoms with E-state index in [0.29, 0.717) is 17.1 Å². The van der Waals surface area contributed by atoms with Crippen LogP contribution in [0, 0.1) is 0 Å². The number of carbonyl (C=O) groups is 1. The van der Waals surface area contributed by atoms with Crippen molar-refractivity contribution in [1.82, 2.24) is 10.6 Å². The lowest BCUT2D eigenvalue weighted by Crippen LogP contribution is -2.51. The molecule has 22 heavy (non-hydrogen) atoms. The number of carbonyl (C=O) groups excluding carboxylic acids is 1. The van der Waals surface area contributed by atoms with E-state index in [4.69, 9.17) is 11.6 Å². The van der Waals surface area contributed by atoms with Gasteiger partial charge in [-0.2, -0.15) is 0 Å². The van der Waals surface area contributed by atoms with Gasteiger partial charge < -0.3 is 10.6 Å². The normalized spacial score (nSPS) is 27.1. The van der Waals surface area contributed by atoms with E-state index >= 15 is 0 Å². The summed E-state index contributed by atoms with van der Waals surface area (Å²) >= 11 is 6.26. The Morgan fingerprint density at radius 2 is 1.82 bits per heavy atom. The average molecular weight is 343 g/mol. The van der Waals surface area contributed by atoms with E-state index in [0.717, 1.165) is 18.4 Å². The van der Waals surface area contributed by atoms with Crippen LogP contribution in [-0.2, 0) is 10.2 Å². The van der Waals surface area contributed by atoms with Crippen molar-refractivity contribution in [1.29, 1.82) is 0 Å². The Bertz CT molecular complexity index is 535. The number of nitrogens with one attached hydrogen (secondary N) is 2. The van der Waals surface area contributed by atoms with Gasteiger partial charge >= 0.3 is 0 Å². The molecule has 2 aliphatic rings. The van der Waals surface area contributed by atoms with Gasteiger partial charge in [-0.15, -0.1) is 12.4 Å². The molecule has 2 atom stereocenters. The molecule has 5 heteroatoms. The van der Waals surface area contributed by atoms with Gasteiger partial charge in [0.15, 0.2) is 0 Å². The molecule has 0 aromatic heterocycles. The van der Waals surface area contributed by atoms with Crippen molar-refractivity contribution in [2.24, 2.45) is 0 Å². The molecule has 3 nitrogen and oxygen atoms in total. The van der Waals surface area contributed by atoms with Crippen molar-refractivity contribution in [3.63, 3.8) is 0 Å². The minimum atomic E-state index is -0.609. The van der Waals surface area contributed by atoms with Gasteiger partial charge in [0.25, 0.3) is 0 Å². The Morgan fingerprint density at radius 3 is 2.41 bits per heavy atom. The highest BCUT2D eigenvalue weighted by Gasteiger charge is 2.37. The number of hydrogen-bond acceptors (Lipinski definition) is 2. The molecule has 2 saturated heterocycles. The van der Waals surface area contributed by atoms with Crippen molar-refractivity contribution in [2.45, 2.75) is 63.1 Å². The van der Waals surface area contributed by atoms with Gasteiger partial charge in [0.05, 0.1) is 5.41 Å². The monoisotopic (exact) mass is 342 g/mol. The molecule has 2 fully saturated rings. The second kappa shape index (κ2) is 6.77. The molecule has 2 bridgehead atoms. The molecule has 0 radical (unpaired) electrons. The van der Waals surface area contributed by atoms with Crippen LogP contribution in [0.2, 0.25) is 5.02 Å². The number of amides is 1. The predicted molar refractivity (Wildman–Crippen MR) is 92.8 cm³/mol. The Labute approximate surface area is 143 Å². The molecule has 2 heterocycles. The lowest BCUT2D eigenvalue weighted by Gasteiger charge is -2.33. The summed E-state index contributed by atoms with van der Waals surface area (Å²) in [6.07, 6.45) is 4.57. The van der Waals surface area contributed by atoms with Crippen molar-refractivity contribution >= 4 is 29.9 Å². The first-order valence-corrected chi connectivity index (χ1v) is 8.16. The Morgan fingerprint density at radius 1 is 1.23 bits per heavy atom. The third-order valence-electron chi connectivity index (χ3n) is 4.92. The van der Waals surface area contributed by atoms with Crippen LogP contribution in [0.4, 0.5) is 0 Å². The molecule has 2 aliphatic heterocycles. The van der Waals surface area contributed by atoms with Crippen LogP contribution in [0.15, 0.2) is 24.3 Å². The van der Waals surface area contributed by atoms with Gasteiger partial charge in [-0.1, -0.05) is 29.8 Å². The van der Waals surface area contributed by atoms with Crippen LogP contribution in [0.1, 0.15) is 45.1 Å². The Kier molecular flexibility index (Phi) is 5.41. The summed E-state index contributed by atoms with van der Waals surface area (Å²) in [4.78, 5) is 12.7. The fraction of sp³-hybridized carbons (Fsp3) is 0.588. The molecule has 0 saturated carbocycles. The van der Waals surface area contributed by atoms with E-state index in [1.54, 1.807) is 0 Å². The quantitative estimate of drug-likeness (QED) is 0.883. The van der Waals surface area contributed by atoms with E-state index < -0.39 is 5.41 Å². The highest BCUT2D eigenvalue weighted by Crippen LogP contribution is 2.31. The first kappa shape index (κ1) is 17.6. The zero-order valence-corrected chi connectivity index (χ0v) is 14.6. The summed E-state index contributed by atoms with van der Waals surface area (Å²) in [6, 6.07) is 9.06. The van der Waals surface area contributed by atoms with Crippen LogP contribution in [0.3, 0.4) is 0 Å². The number of benzene rings is 1. The van der Waals surface area contributed by atoms with Gasteiger partial charge in [0, 0.05) is 23.1 Å². The van der Waals surface area contributed by atoms with Gasteiger partial charge in [-0.05, 0) is 51.2 Å². The number of halogens is 2. The van der Waals surface area contributed by atoms with Gasteiger partial charge in [-0.3, -0.25) is 4.79 Å². The maximum absolute atomic E-state index is 12.7. The fourth-order valence-corrected chi connectivity index (χ4v) is 4.00. The lowest BCUT2D eigenvalue weighted by molar-refractivity contribution is -0.126. The molecule has 2 unspecified atom stereocenters. The number of piperidine rings is 1. The SMILES string of the molecule is CC(C)(C(=O)NC1CC2CCC(C1)N2)c1ccccc1Cl.Cl. The van der Waals surface area contributed by atoms with E-state index in [2.05, 4.69) is 10.6 Å². The van der Waals surface area contributed by atoms with Crippen molar-refractivity contribution in [3.05, 3.63) is 34.9 Å². The summed E-state index contributed by atoms with van der Waals surface area (Å²) in [6.45, 7) is 3.89. The molecule has 122 valence electrons. The summed E-state index contributed by atoms with van der Waals surface area (Å²) in [5.41, 5.74) is 0.281. The smallest absolute Gasteiger partial charge is 0.230 e. The Hall–Kier alpha value is -0.770. The topological polar surface area (TPSA) is 41.1 Å². The molecular weight excluding hydrogens is 319 g/mol. The van der Waals surface area contributed by atoms with Crippen LogP contribution < -0.4 is 10.6 Å². The molecule has 3 rings (SSSR count). The predicted octanol–water partition coefficient (Wildman–Crippen LogP) is 3.44. The summed E-state index contributed by atoms with van der Waals surface area (Å²) in [7, 11) is 0. The van der Waals surface area contributed by atoms with E-state index in [1.165, 1.54) is 12.8 Å². The van der Waals surface area contributed by atoms with Gasteiger partial charge in [0.2, 0.25) is 5.91 Å². The summed E-state index contributed by atoms with van der Waals surface area (Å²) in [5.74, 6) is 0.0712. The zero-order valence-electron chi connectivity index (χ0n) is 13.1. The van der Waals surface area contributed by atoms with Crippen LogP contribution in [0.25, 0.3) is 0 Å². The number of hydrogen-bond donors (Lipinski definition) is 2. The first-order chi connectivity index (χ1) is 9.96. The van der Waals surface area contributed by atoms with E-state index in [1.807, 2.05) is 38.1 Å². The standard InChI is InChI=1S/C17H23ClN2O.ClH/c1-17(2,14-5-3-4-6-15(14)18)16(21)20-13-9-11-7-8-12(10-13)19-11;/h3-6,11-13,19H,7-10H2,1-2H3,(H,20,21);1H. The minimum absolute atomic E-state index is 0. The second-order valence-electron chi connectivity index (χ2n) is 6.88. The third kappa shape index (κ3) is 3.42. The highest BCUT2D eigenvalue weighted by molar-refractivity contribution is 6.31. The maximum atomic E-state index is 12.7. The molecule has 0 spiro atoms. The van der Waals surface area contributed by atoms with E-state index in [9.17, 15) is 4.79 Å². The molecular formula is C17H24Cl2N2O. The zero-order chi connectivity index (χ0) is 15.0. The molecule has 2 N–H and O–H groups in total. The first-order valence-electron chi connectivity index (χ1n) is 7.79. The second-order valence-corrected chi connectivity index (χ2v) is 7.29. The summed E-state index contributed by atoms with van der Waals surface area (Å²) < 4.78 is 0. The largest absolute Gasteiger partial charge is 0.352 e. The van der Waals surface area contributed by atoms with Crippen LogP contribution in [-0.4, -0.2) is 24.0 Å². The molecule has 1 amide bonds. The van der Waals surface area contributed by atoms with Gasteiger partial charge in [-0.25, -0.2) is 0 Å². The van der Waals surface area contributed by atoms with Crippen molar-refractivity contribution in [3.8, 4) is 0 Å². The van der Waals surface area contributed by atoms with Crippen LogP contribution in [0.5, 0.6) is 0 Å². The lowest BCUT2D eigenvalue weighted by atomic mass is 9.83. The number of rotatable bonds is 3. The maximum Gasteiger partial charge on any atom is 0.230 e. The minimum Gasteiger partial charge on any atom is -0.352 e. The van der Waals surface area contributed by atoms with Crippen LogP contribution >= 0.6 is 24.0 Å². The fourth-order valence-electron chi connectivity index (χ4n) is 3.63. The van der Waals surface area contributed by atoms with Crippen molar-refractivity contribution < 1.29 is 4.79 Å². The molecule has 1 aromatic rings. The molecule has 0 aliphatic carbocycles. The van der Waals surface area contributed by atoms with Gasteiger partial charge in [0.1, 0.15) is 0 Å². The molecule has 1 aromatic carbocycles. The Balaban J connectivity index is 0.00000176. The third-order valence-corrected chi connectivity index (χ3v) is 5.25.